The normalized spacial score (nSPS) is 24.3. The maximum atomic E-state index is 13.7. The molecule has 0 aliphatic carbocycles. The minimum Gasteiger partial charge on any atom is -0.437 e. The number of carbonyl (C=O) groups is 3. The molecule has 1 atom stereocenters. The van der Waals surface area contributed by atoms with Gasteiger partial charge in [0.05, 0.1) is 38.1 Å². The Labute approximate surface area is 254 Å². The lowest BCUT2D eigenvalue weighted by atomic mass is 9.83. The largest absolute Gasteiger partial charge is 0.437 e. The first-order valence-electron chi connectivity index (χ1n) is 14.9. The van der Waals surface area contributed by atoms with Crippen molar-refractivity contribution in [3.63, 3.8) is 0 Å². The van der Waals surface area contributed by atoms with Gasteiger partial charge in [0, 0.05) is 63.1 Å². The maximum absolute atomic E-state index is 13.7. The second-order valence-electron chi connectivity index (χ2n) is 11.5. The van der Waals surface area contributed by atoms with E-state index < -0.39 is 17.7 Å². The highest BCUT2D eigenvalue weighted by atomic mass is 16.6. The first-order chi connectivity index (χ1) is 21.3. The number of fused-ring (bicyclic) bond motifs is 15. The summed E-state index contributed by atoms with van der Waals surface area (Å²) >= 11 is 0. The lowest BCUT2D eigenvalue weighted by molar-refractivity contribution is -0.132. The van der Waals surface area contributed by atoms with Crippen LogP contribution in [0.2, 0.25) is 0 Å². The van der Waals surface area contributed by atoms with Crippen LogP contribution in [0.1, 0.15) is 35.1 Å². The maximum Gasteiger partial charge on any atom is 0.413 e. The molecule has 7 rings (SSSR count). The molecule has 4 bridgehead atoms. The quantitative estimate of drug-likeness (QED) is 0.379. The number of aromatic amines is 1. The van der Waals surface area contributed by atoms with Crippen LogP contribution in [0.15, 0.2) is 36.7 Å². The number of piperidine rings is 1. The number of nitrogens with zero attached hydrogens (tertiary/aromatic N) is 4. The van der Waals surface area contributed by atoms with E-state index in [0.717, 1.165) is 33.2 Å². The molecule has 1 spiro atoms. The van der Waals surface area contributed by atoms with Crippen molar-refractivity contribution in [3.8, 4) is 0 Å². The molecule has 4 aliphatic heterocycles. The fourth-order valence-electron chi connectivity index (χ4n) is 6.06. The molecule has 232 valence electrons. The number of rotatable bonds is 2. The van der Waals surface area contributed by atoms with Gasteiger partial charge in [-0.25, -0.2) is 14.6 Å². The van der Waals surface area contributed by atoms with Crippen molar-refractivity contribution in [1.29, 1.82) is 0 Å². The zero-order chi connectivity index (χ0) is 30.7. The molecular weight excluding hydrogens is 566 g/mol. The Kier molecular flexibility index (Phi) is 8.49. The predicted molar refractivity (Wildman–Crippen MR) is 162 cm³/mol. The van der Waals surface area contributed by atoms with Crippen molar-refractivity contribution >= 4 is 40.8 Å². The molecule has 0 radical (unpaired) electrons. The van der Waals surface area contributed by atoms with E-state index in [1.54, 1.807) is 29.2 Å². The van der Waals surface area contributed by atoms with Crippen LogP contribution in [-0.2, 0) is 31.0 Å². The number of aromatic nitrogens is 3. The molecule has 3 N–H and O–H groups in total. The average Bonchev–Trinajstić information content (AvgIpc) is 3.49. The summed E-state index contributed by atoms with van der Waals surface area (Å²) in [6.07, 6.45) is 7.78. The minimum absolute atomic E-state index is 0.215. The third-order valence-corrected chi connectivity index (χ3v) is 8.45. The number of aryl methyl sites for hydroxylation is 1. The number of anilines is 1. The first kappa shape index (κ1) is 29.6. The van der Waals surface area contributed by atoms with E-state index in [2.05, 4.69) is 25.8 Å². The summed E-state index contributed by atoms with van der Waals surface area (Å²) < 4.78 is 17.3. The Hall–Kier alpha value is -4.49. The van der Waals surface area contributed by atoms with Gasteiger partial charge in [-0.15, -0.1) is 0 Å². The van der Waals surface area contributed by atoms with Gasteiger partial charge in [-0.3, -0.25) is 15.2 Å². The monoisotopic (exact) mass is 603 g/mol. The van der Waals surface area contributed by atoms with E-state index in [9.17, 15) is 14.4 Å². The van der Waals surface area contributed by atoms with Gasteiger partial charge in [0.25, 0.3) is 0 Å². The van der Waals surface area contributed by atoms with Gasteiger partial charge < -0.3 is 29.3 Å². The Bertz CT molecular complexity index is 1580. The summed E-state index contributed by atoms with van der Waals surface area (Å²) in [7, 11) is 1.71. The molecule has 1 saturated heterocycles. The molecule has 13 nitrogen and oxygen atoms in total. The summed E-state index contributed by atoms with van der Waals surface area (Å²) in [6.45, 7) is 4.52. The van der Waals surface area contributed by atoms with Crippen LogP contribution in [0, 0.1) is 6.92 Å². The van der Waals surface area contributed by atoms with E-state index in [1.807, 2.05) is 37.3 Å². The van der Waals surface area contributed by atoms with Crippen molar-refractivity contribution in [2.45, 2.75) is 37.8 Å². The number of amides is 4. The predicted octanol–water partition coefficient (Wildman–Crippen LogP) is 2.96. The minimum atomic E-state index is -0.912. The number of hydrogen-bond acceptors (Lipinski definition) is 8. The van der Waals surface area contributed by atoms with Crippen LogP contribution < -0.4 is 10.6 Å². The molecule has 3 aromatic rings. The van der Waals surface area contributed by atoms with Crippen molar-refractivity contribution < 1.29 is 28.6 Å². The van der Waals surface area contributed by atoms with Crippen LogP contribution >= 0.6 is 0 Å². The molecule has 4 amide bonds. The number of H-pyrrole nitrogens is 1. The number of hydrogen-bond donors (Lipinski definition) is 3. The first-order valence-corrected chi connectivity index (χ1v) is 14.9. The van der Waals surface area contributed by atoms with Gasteiger partial charge in [-0.1, -0.05) is 18.2 Å². The number of urea groups is 1. The third kappa shape index (κ3) is 6.24. The molecule has 4 aliphatic rings. The Morgan fingerprint density at radius 3 is 2.68 bits per heavy atom. The van der Waals surface area contributed by atoms with Crippen molar-refractivity contribution in [1.82, 2.24) is 30.3 Å². The highest BCUT2D eigenvalue weighted by Gasteiger charge is 2.46. The van der Waals surface area contributed by atoms with Crippen molar-refractivity contribution in [3.05, 3.63) is 58.9 Å². The number of nitrogens with one attached hydrogen (secondary N) is 3. The molecule has 44 heavy (non-hydrogen) atoms. The highest BCUT2D eigenvalue weighted by molar-refractivity contribution is 5.89. The molecule has 1 fully saturated rings. The Morgan fingerprint density at radius 1 is 1.02 bits per heavy atom. The number of ether oxygens (including phenoxy) is 3. The summed E-state index contributed by atoms with van der Waals surface area (Å²) in [4.78, 5) is 47.6. The van der Waals surface area contributed by atoms with Gasteiger partial charge in [0.2, 0.25) is 5.91 Å². The van der Waals surface area contributed by atoms with E-state index in [4.69, 9.17) is 14.2 Å². The number of carbonyl (C=O) groups excluding carboxylic acids is 3. The van der Waals surface area contributed by atoms with E-state index in [-0.39, 0.29) is 11.9 Å². The van der Waals surface area contributed by atoms with E-state index >= 15 is 0 Å². The third-order valence-electron chi connectivity index (χ3n) is 8.45. The SMILES string of the molecule is Cc1cc(C[C@H]2NC(=O)N3CCC4(CC3)OC(=O)Nc3ncc(cc34)/C=C\COCCOCCN(C)C2=O)cc2cn[nH]c12. The van der Waals surface area contributed by atoms with Crippen LogP contribution in [-0.4, -0.2) is 102 Å². The van der Waals surface area contributed by atoms with Gasteiger partial charge in [-0.05, 0) is 35.7 Å². The fraction of sp³-hybridized carbons (Fsp3) is 0.452. The Balaban J connectivity index is 1.25. The highest BCUT2D eigenvalue weighted by Crippen LogP contribution is 2.43. The Morgan fingerprint density at radius 2 is 1.84 bits per heavy atom. The van der Waals surface area contributed by atoms with Crippen LogP contribution in [0.25, 0.3) is 17.0 Å². The summed E-state index contributed by atoms with van der Waals surface area (Å²) in [5.41, 5.74) is 3.57. The molecule has 13 heteroatoms. The average molecular weight is 604 g/mol. The van der Waals surface area contributed by atoms with E-state index in [0.29, 0.717) is 71.1 Å². The topological polar surface area (TPSA) is 151 Å². The number of likely N-dealkylation sites (N-methyl/N-ethyl adjacent to an activating group) is 1. The van der Waals surface area contributed by atoms with Gasteiger partial charge in [0.15, 0.2) is 0 Å². The van der Waals surface area contributed by atoms with Gasteiger partial charge in [-0.2, -0.15) is 5.10 Å². The fourth-order valence-corrected chi connectivity index (χ4v) is 6.06. The summed E-state index contributed by atoms with van der Waals surface area (Å²) in [5.74, 6) is 0.245. The number of pyridine rings is 1. The second kappa shape index (κ2) is 12.6. The van der Waals surface area contributed by atoms with Crippen molar-refractivity contribution in [2.75, 3.05) is 58.4 Å². The summed E-state index contributed by atoms with van der Waals surface area (Å²) in [5, 5.41) is 13.8. The molecule has 1 aromatic carbocycles. The zero-order valence-electron chi connectivity index (χ0n) is 24.9. The number of benzene rings is 1. The van der Waals surface area contributed by atoms with Gasteiger partial charge in [0.1, 0.15) is 17.5 Å². The molecule has 6 heterocycles. The van der Waals surface area contributed by atoms with E-state index in [1.165, 1.54) is 0 Å². The lowest BCUT2D eigenvalue weighted by Gasteiger charge is -2.44. The van der Waals surface area contributed by atoms with Crippen LogP contribution in [0.4, 0.5) is 15.4 Å². The van der Waals surface area contributed by atoms with Crippen LogP contribution in [0.3, 0.4) is 0 Å². The molecule has 0 unspecified atom stereocenters. The molecule has 0 saturated carbocycles. The summed E-state index contributed by atoms with van der Waals surface area (Å²) in [6, 6.07) is 4.80. The second-order valence-corrected chi connectivity index (χ2v) is 11.5. The molecule has 2 aromatic heterocycles. The standard InChI is InChI=1S/C31H37N7O6/c1-20-14-22(15-23-19-33-36-26(20)23)17-25-28(39)37(2)9-11-43-13-12-42-10-3-4-21-16-24-27(32-18-21)35-30(41)44-31(24)5-7-38(8-6-31)29(40)34-25/h3-4,14-16,18-19,25H,5-13,17H2,1-2H3,(H,33,36)(H,34,40)(H,32,35,41)/b4-3-/t25-/m1/s1. The zero-order valence-corrected chi connectivity index (χ0v) is 24.9. The smallest absolute Gasteiger partial charge is 0.413 e. The molecular formula is C31H37N7O6. The van der Waals surface area contributed by atoms with Gasteiger partial charge >= 0.3 is 12.1 Å². The lowest BCUT2D eigenvalue weighted by Crippen LogP contribution is -2.56. The van der Waals surface area contributed by atoms with Crippen LogP contribution in [0.5, 0.6) is 0 Å². The van der Waals surface area contributed by atoms with Crippen molar-refractivity contribution in [2.24, 2.45) is 0 Å².